The minimum atomic E-state index is -0.901. The molecule has 0 saturated heterocycles. The first-order chi connectivity index (χ1) is 14.8. The standard InChI is InChI=1S/C25H32N2O4/c1-25(2,17-16-18-12-14-20(26)15-13-18)31-24(29)27-22(19-8-4-3-5-9-19)23(28)30-21-10-6-7-11-21/h3-5,8-9,12-15,21-22H,6-7,10-11,16-17,26H2,1-2H3,(H,27,29). The van der Waals surface area contributed by atoms with Gasteiger partial charge < -0.3 is 20.5 Å². The lowest BCUT2D eigenvalue weighted by Crippen LogP contribution is -2.40. The van der Waals surface area contributed by atoms with Gasteiger partial charge in [0.05, 0.1) is 0 Å². The first-order valence-corrected chi connectivity index (χ1v) is 10.9. The molecule has 0 heterocycles. The molecule has 2 aromatic carbocycles. The highest BCUT2D eigenvalue weighted by Crippen LogP contribution is 2.25. The first-order valence-electron chi connectivity index (χ1n) is 10.9. The Balaban J connectivity index is 1.60. The van der Waals surface area contributed by atoms with Gasteiger partial charge in [-0.3, -0.25) is 0 Å². The van der Waals surface area contributed by atoms with E-state index in [9.17, 15) is 9.59 Å². The second-order valence-electron chi connectivity index (χ2n) is 8.72. The number of nitrogen functional groups attached to an aromatic ring is 1. The summed E-state index contributed by atoms with van der Waals surface area (Å²) in [5.41, 5.74) is 7.53. The molecule has 166 valence electrons. The van der Waals surface area contributed by atoms with E-state index in [2.05, 4.69) is 5.32 Å². The third-order valence-corrected chi connectivity index (χ3v) is 5.58. The van der Waals surface area contributed by atoms with Crippen LogP contribution in [0.1, 0.15) is 63.1 Å². The fraction of sp³-hybridized carbons (Fsp3) is 0.440. The largest absolute Gasteiger partial charge is 0.461 e. The summed E-state index contributed by atoms with van der Waals surface area (Å²) in [6, 6.07) is 15.9. The van der Waals surface area contributed by atoms with Crippen LogP contribution in [0.2, 0.25) is 0 Å². The van der Waals surface area contributed by atoms with Crippen LogP contribution in [-0.2, 0) is 20.7 Å². The average Bonchev–Trinajstić information content (AvgIpc) is 3.25. The van der Waals surface area contributed by atoms with Crippen LogP contribution in [0.25, 0.3) is 0 Å². The predicted molar refractivity (Wildman–Crippen MR) is 120 cm³/mol. The monoisotopic (exact) mass is 424 g/mol. The molecule has 0 bridgehead atoms. The highest BCUT2D eigenvalue weighted by molar-refractivity contribution is 5.83. The second-order valence-corrected chi connectivity index (χ2v) is 8.72. The molecule has 1 atom stereocenters. The van der Waals surface area contributed by atoms with Crippen LogP contribution < -0.4 is 11.1 Å². The molecule has 1 saturated carbocycles. The van der Waals surface area contributed by atoms with Gasteiger partial charge in [-0.15, -0.1) is 0 Å². The zero-order chi connectivity index (χ0) is 22.3. The summed E-state index contributed by atoms with van der Waals surface area (Å²) < 4.78 is 11.3. The van der Waals surface area contributed by atoms with Crippen molar-refractivity contribution in [1.82, 2.24) is 5.32 Å². The SMILES string of the molecule is CC(C)(CCc1ccc(N)cc1)OC(=O)NC(C(=O)OC1CCCC1)c1ccccc1. The van der Waals surface area contributed by atoms with Crippen molar-refractivity contribution in [1.29, 1.82) is 0 Å². The summed E-state index contributed by atoms with van der Waals surface area (Å²) in [5.74, 6) is -0.449. The number of hydrogen-bond acceptors (Lipinski definition) is 5. The molecule has 3 rings (SSSR count). The van der Waals surface area contributed by atoms with Crippen molar-refractivity contribution in [2.75, 3.05) is 5.73 Å². The number of rotatable bonds is 8. The summed E-state index contributed by atoms with van der Waals surface area (Å²) in [6.45, 7) is 3.72. The number of esters is 1. The summed E-state index contributed by atoms with van der Waals surface area (Å²) in [6.07, 6.45) is 4.52. The molecule has 6 nitrogen and oxygen atoms in total. The van der Waals surface area contributed by atoms with Gasteiger partial charge in [0.15, 0.2) is 6.04 Å². The number of amides is 1. The van der Waals surface area contributed by atoms with E-state index in [1.807, 2.05) is 56.3 Å². The van der Waals surface area contributed by atoms with Gasteiger partial charge in [0.1, 0.15) is 11.7 Å². The molecule has 1 aliphatic carbocycles. The van der Waals surface area contributed by atoms with Crippen LogP contribution in [0.4, 0.5) is 10.5 Å². The molecule has 0 spiro atoms. The fourth-order valence-corrected chi connectivity index (χ4v) is 3.74. The number of alkyl carbamates (subject to hydrolysis) is 1. The lowest BCUT2D eigenvalue weighted by Gasteiger charge is -2.27. The fourth-order valence-electron chi connectivity index (χ4n) is 3.74. The quantitative estimate of drug-likeness (QED) is 0.463. The molecule has 1 aliphatic rings. The Bertz CT molecular complexity index is 859. The Morgan fingerprint density at radius 3 is 2.35 bits per heavy atom. The van der Waals surface area contributed by atoms with Gasteiger partial charge in [-0.2, -0.15) is 0 Å². The Kier molecular flexibility index (Phi) is 7.55. The Labute approximate surface area is 184 Å². The third kappa shape index (κ3) is 7.02. The summed E-state index contributed by atoms with van der Waals surface area (Å²) in [4.78, 5) is 25.5. The van der Waals surface area contributed by atoms with Gasteiger partial charge in [-0.25, -0.2) is 9.59 Å². The van der Waals surface area contributed by atoms with Crippen molar-refractivity contribution in [3.63, 3.8) is 0 Å². The van der Waals surface area contributed by atoms with Crippen LogP contribution in [0, 0.1) is 0 Å². The molecule has 1 unspecified atom stereocenters. The molecular weight excluding hydrogens is 392 g/mol. The van der Waals surface area contributed by atoms with Crippen LogP contribution in [0.3, 0.4) is 0 Å². The van der Waals surface area contributed by atoms with Crippen LogP contribution >= 0.6 is 0 Å². The summed E-state index contributed by atoms with van der Waals surface area (Å²) in [5, 5.41) is 2.72. The van der Waals surface area contributed by atoms with Gasteiger partial charge in [-0.05, 0) is 75.6 Å². The minimum Gasteiger partial charge on any atom is -0.461 e. The molecular formula is C25H32N2O4. The van der Waals surface area contributed by atoms with E-state index >= 15 is 0 Å². The van der Waals surface area contributed by atoms with E-state index in [1.54, 1.807) is 12.1 Å². The molecule has 1 amide bonds. The van der Waals surface area contributed by atoms with Crippen molar-refractivity contribution in [2.45, 2.75) is 70.1 Å². The normalized spacial score (nSPS) is 15.3. The van der Waals surface area contributed by atoms with Gasteiger partial charge in [0, 0.05) is 5.69 Å². The van der Waals surface area contributed by atoms with Crippen molar-refractivity contribution in [3.8, 4) is 0 Å². The van der Waals surface area contributed by atoms with E-state index in [0.29, 0.717) is 12.0 Å². The van der Waals surface area contributed by atoms with Crippen molar-refractivity contribution in [3.05, 3.63) is 65.7 Å². The number of aryl methyl sites for hydroxylation is 1. The van der Waals surface area contributed by atoms with Gasteiger partial charge in [0.25, 0.3) is 0 Å². The van der Waals surface area contributed by atoms with Gasteiger partial charge >= 0.3 is 12.1 Å². The van der Waals surface area contributed by atoms with E-state index in [-0.39, 0.29) is 6.10 Å². The second kappa shape index (κ2) is 10.3. The third-order valence-electron chi connectivity index (χ3n) is 5.58. The molecule has 2 aromatic rings. The Morgan fingerprint density at radius 1 is 1.06 bits per heavy atom. The molecule has 3 N–H and O–H groups in total. The number of hydrogen-bond donors (Lipinski definition) is 2. The Morgan fingerprint density at radius 2 is 1.71 bits per heavy atom. The van der Waals surface area contributed by atoms with E-state index in [4.69, 9.17) is 15.2 Å². The zero-order valence-electron chi connectivity index (χ0n) is 18.3. The van der Waals surface area contributed by atoms with Crippen LogP contribution in [0.15, 0.2) is 54.6 Å². The summed E-state index contributed by atoms with van der Waals surface area (Å²) in [7, 11) is 0. The first kappa shape index (κ1) is 22.7. The molecule has 0 aromatic heterocycles. The van der Waals surface area contributed by atoms with Crippen molar-refractivity contribution in [2.24, 2.45) is 0 Å². The number of carbonyl (C=O) groups is 2. The lowest BCUT2D eigenvalue weighted by atomic mass is 9.98. The number of nitrogens with one attached hydrogen (secondary N) is 1. The molecule has 0 aliphatic heterocycles. The molecule has 31 heavy (non-hydrogen) atoms. The van der Waals surface area contributed by atoms with E-state index < -0.39 is 23.7 Å². The number of benzene rings is 2. The number of nitrogens with two attached hydrogens (primary N) is 1. The summed E-state index contributed by atoms with van der Waals surface area (Å²) >= 11 is 0. The van der Waals surface area contributed by atoms with Crippen LogP contribution in [-0.4, -0.2) is 23.8 Å². The number of ether oxygens (including phenoxy) is 2. The highest BCUT2D eigenvalue weighted by Gasteiger charge is 2.31. The zero-order valence-corrected chi connectivity index (χ0v) is 18.3. The maximum atomic E-state index is 12.8. The van der Waals surface area contributed by atoms with E-state index in [1.165, 1.54) is 0 Å². The predicted octanol–water partition coefficient (Wildman–Crippen LogP) is 4.93. The minimum absolute atomic E-state index is 0.0760. The molecule has 0 radical (unpaired) electrons. The number of anilines is 1. The van der Waals surface area contributed by atoms with Crippen molar-refractivity contribution >= 4 is 17.7 Å². The van der Waals surface area contributed by atoms with Crippen molar-refractivity contribution < 1.29 is 19.1 Å². The van der Waals surface area contributed by atoms with Gasteiger partial charge in [0.2, 0.25) is 0 Å². The van der Waals surface area contributed by atoms with Crippen LogP contribution in [0.5, 0.6) is 0 Å². The van der Waals surface area contributed by atoms with Gasteiger partial charge in [-0.1, -0.05) is 42.5 Å². The topological polar surface area (TPSA) is 90.6 Å². The lowest BCUT2D eigenvalue weighted by molar-refractivity contribution is -0.151. The Hall–Kier alpha value is -3.02. The number of carbonyl (C=O) groups excluding carboxylic acids is 2. The smallest absolute Gasteiger partial charge is 0.408 e. The maximum Gasteiger partial charge on any atom is 0.408 e. The van der Waals surface area contributed by atoms with E-state index in [0.717, 1.165) is 43.4 Å². The molecule has 1 fully saturated rings. The highest BCUT2D eigenvalue weighted by atomic mass is 16.6. The maximum absolute atomic E-state index is 12.8. The molecule has 6 heteroatoms. The average molecular weight is 425 g/mol.